The molecule has 3 aromatic rings. The fourth-order valence-electron chi connectivity index (χ4n) is 4.09. The lowest BCUT2D eigenvalue weighted by Crippen LogP contribution is -2.27. The summed E-state index contributed by atoms with van der Waals surface area (Å²) in [6.45, 7) is 5.30. The van der Waals surface area contributed by atoms with E-state index in [0.717, 1.165) is 5.56 Å². The normalized spacial score (nSPS) is 12.8. The Morgan fingerprint density at radius 1 is 0.900 bits per heavy atom. The second-order valence-electron chi connectivity index (χ2n) is 10.3. The van der Waals surface area contributed by atoms with Crippen LogP contribution in [0.15, 0.2) is 66.7 Å². The number of nitrogens with one attached hydrogen (secondary N) is 3. The Morgan fingerprint density at radius 2 is 1.57 bits per heavy atom. The molecule has 1 aliphatic heterocycles. The van der Waals surface area contributed by atoms with Crippen molar-refractivity contribution >= 4 is 35.0 Å². The average molecular weight is 548 g/mol. The van der Waals surface area contributed by atoms with E-state index in [-0.39, 0.29) is 31.6 Å². The number of aliphatic hydroxyl groups excluding tert-OH is 1. The molecule has 4 rings (SSSR count). The summed E-state index contributed by atoms with van der Waals surface area (Å²) in [5.41, 5.74) is 1.98. The topological polar surface area (TPSA) is 135 Å². The molecular formula is C30H33N3O7. The minimum absolute atomic E-state index is 0.142. The molecule has 0 saturated heterocycles. The molecule has 1 heterocycles. The van der Waals surface area contributed by atoms with E-state index in [9.17, 15) is 19.5 Å². The van der Waals surface area contributed by atoms with Gasteiger partial charge in [-0.05, 0) is 75.6 Å². The first-order valence-corrected chi connectivity index (χ1v) is 12.9. The first-order valence-electron chi connectivity index (χ1n) is 12.9. The van der Waals surface area contributed by atoms with Gasteiger partial charge < -0.3 is 30.0 Å². The van der Waals surface area contributed by atoms with E-state index in [0.29, 0.717) is 40.5 Å². The predicted molar refractivity (Wildman–Crippen MR) is 151 cm³/mol. The van der Waals surface area contributed by atoms with Gasteiger partial charge in [0.15, 0.2) is 11.5 Å². The summed E-state index contributed by atoms with van der Waals surface area (Å²) in [4.78, 5) is 38.1. The lowest BCUT2D eigenvalue weighted by molar-refractivity contribution is -0.120. The summed E-state index contributed by atoms with van der Waals surface area (Å²) >= 11 is 0. The van der Waals surface area contributed by atoms with E-state index >= 15 is 0 Å². The molecule has 1 aliphatic rings. The molecular weight excluding hydrogens is 514 g/mol. The van der Waals surface area contributed by atoms with Crippen molar-refractivity contribution in [2.75, 3.05) is 29.4 Å². The van der Waals surface area contributed by atoms with Crippen LogP contribution in [0.4, 0.5) is 21.9 Å². The van der Waals surface area contributed by atoms with Gasteiger partial charge >= 0.3 is 6.09 Å². The van der Waals surface area contributed by atoms with Gasteiger partial charge in [0.1, 0.15) is 5.60 Å². The number of hydrogen-bond acceptors (Lipinski definition) is 7. The molecule has 3 amide bonds. The van der Waals surface area contributed by atoms with E-state index in [1.165, 1.54) is 0 Å². The summed E-state index contributed by atoms with van der Waals surface area (Å²) in [5.74, 6) is 0.104. The van der Waals surface area contributed by atoms with E-state index in [1.54, 1.807) is 87.5 Å². The molecule has 0 aliphatic carbocycles. The van der Waals surface area contributed by atoms with Crippen LogP contribution in [0.5, 0.6) is 11.5 Å². The van der Waals surface area contributed by atoms with Gasteiger partial charge in [-0.2, -0.15) is 0 Å². The van der Waals surface area contributed by atoms with Crippen molar-refractivity contribution in [1.82, 2.24) is 0 Å². The maximum atomic E-state index is 13.0. The summed E-state index contributed by atoms with van der Waals surface area (Å²) in [5, 5.41) is 17.9. The number of carbonyl (C=O) groups excluding carboxylic acids is 3. The molecule has 210 valence electrons. The summed E-state index contributed by atoms with van der Waals surface area (Å²) < 4.78 is 16.0. The number of fused-ring (bicyclic) bond motifs is 1. The fourth-order valence-corrected chi connectivity index (χ4v) is 4.09. The first-order chi connectivity index (χ1) is 19.1. The van der Waals surface area contributed by atoms with E-state index < -0.39 is 17.6 Å². The number of ether oxygens (including phenoxy) is 3. The molecule has 0 aromatic heterocycles. The largest absolute Gasteiger partial charge is 0.454 e. The van der Waals surface area contributed by atoms with E-state index in [2.05, 4.69) is 16.0 Å². The summed E-state index contributed by atoms with van der Waals surface area (Å²) in [6.07, 6.45) is 0.0280. The standard InChI is InChI=1S/C30H33N3O7/c1-30(2,3)40-29(37)33-24-7-5-4-6-23(24)32-27(35)20-10-8-19(9-11-20)16-21(14-15-34)28(36)31-22-12-13-25-26(17-22)39-18-38-25/h4-13,17,21,34H,14-16,18H2,1-3H3,(H,31,36)(H,32,35)(H,33,37). The third-order valence-electron chi connectivity index (χ3n) is 6.00. The highest BCUT2D eigenvalue weighted by molar-refractivity contribution is 6.07. The Labute approximate surface area is 232 Å². The van der Waals surface area contributed by atoms with Crippen molar-refractivity contribution in [3.05, 3.63) is 77.9 Å². The fraction of sp³-hybridized carbons (Fsp3) is 0.300. The molecule has 40 heavy (non-hydrogen) atoms. The zero-order valence-corrected chi connectivity index (χ0v) is 22.7. The van der Waals surface area contributed by atoms with Crippen molar-refractivity contribution in [3.8, 4) is 11.5 Å². The Morgan fingerprint density at radius 3 is 2.25 bits per heavy atom. The quantitative estimate of drug-likeness (QED) is 0.289. The van der Waals surface area contributed by atoms with Gasteiger partial charge in [-0.1, -0.05) is 24.3 Å². The van der Waals surface area contributed by atoms with Crippen LogP contribution in [0.2, 0.25) is 0 Å². The molecule has 1 unspecified atom stereocenters. The molecule has 0 bridgehead atoms. The van der Waals surface area contributed by atoms with Crippen molar-refractivity contribution in [2.24, 2.45) is 5.92 Å². The lowest BCUT2D eigenvalue weighted by atomic mass is 9.94. The zero-order valence-electron chi connectivity index (χ0n) is 22.7. The number of rotatable bonds is 9. The third-order valence-corrected chi connectivity index (χ3v) is 6.00. The Kier molecular flexibility index (Phi) is 8.90. The molecule has 0 radical (unpaired) electrons. The van der Waals surface area contributed by atoms with Crippen LogP contribution < -0.4 is 25.4 Å². The molecule has 3 aromatic carbocycles. The minimum Gasteiger partial charge on any atom is -0.454 e. The van der Waals surface area contributed by atoms with Crippen LogP contribution in [0, 0.1) is 5.92 Å². The average Bonchev–Trinajstić information content (AvgIpc) is 3.37. The maximum Gasteiger partial charge on any atom is 0.412 e. The molecule has 1 atom stereocenters. The van der Waals surface area contributed by atoms with Gasteiger partial charge in [-0.25, -0.2) is 4.79 Å². The molecule has 4 N–H and O–H groups in total. The highest BCUT2D eigenvalue weighted by Crippen LogP contribution is 2.34. The number of hydrogen-bond donors (Lipinski definition) is 4. The Bertz CT molecular complexity index is 1370. The molecule has 0 spiro atoms. The number of benzene rings is 3. The van der Waals surface area contributed by atoms with Crippen molar-refractivity contribution in [2.45, 2.75) is 39.2 Å². The maximum absolute atomic E-state index is 13.0. The van der Waals surface area contributed by atoms with Crippen LogP contribution in [0.3, 0.4) is 0 Å². The Balaban J connectivity index is 1.38. The second kappa shape index (κ2) is 12.5. The van der Waals surface area contributed by atoms with Crippen molar-refractivity contribution in [1.29, 1.82) is 0 Å². The Hall–Kier alpha value is -4.57. The molecule has 0 saturated carbocycles. The SMILES string of the molecule is CC(C)(C)OC(=O)Nc1ccccc1NC(=O)c1ccc(CC(CCO)C(=O)Nc2ccc3c(c2)OCO3)cc1. The zero-order chi connectivity index (χ0) is 28.7. The van der Waals surface area contributed by atoms with Crippen LogP contribution in [0.1, 0.15) is 43.1 Å². The third kappa shape index (κ3) is 7.73. The van der Waals surface area contributed by atoms with Gasteiger partial charge in [0.05, 0.1) is 11.4 Å². The number of anilines is 3. The summed E-state index contributed by atoms with van der Waals surface area (Å²) in [7, 11) is 0. The van der Waals surface area contributed by atoms with Gasteiger partial charge in [0.25, 0.3) is 5.91 Å². The van der Waals surface area contributed by atoms with Crippen molar-refractivity contribution in [3.63, 3.8) is 0 Å². The van der Waals surface area contributed by atoms with Crippen LogP contribution >= 0.6 is 0 Å². The van der Waals surface area contributed by atoms with Gasteiger partial charge in [0, 0.05) is 29.8 Å². The first kappa shape index (κ1) is 28.4. The van der Waals surface area contributed by atoms with Crippen LogP contribution in [-0.2, 0) is 16.0 Å². The smallest absolute Gasteiger partial charge is 0.412 e. The molecule has 10 heteroatoms. The van der Waals surface area contributed by atoms with Gasteiger partial charge in [0.2, 0.25) is 12.7 Å². The van der Waals surface area contributed by atoms with Crippen molar-refractivity contribution < 1.29 is 33.7 Å². The lowest BCUT2D eigenvalue weighted by Gasteiger charge is -2.20. The highest BCUT2D eigenvalue weighted by atomic mass is 16.7. The number of amides is 3. The monoisotopic (exact) mass is 547 g/mol. The highest BCUT2D eigenvalue weighted by Gasteiger charge is 2.21. The summed E-state index contributed by atoms with van der Waals surface area (Å²) in [6, 6.07) is 18.9. The number of carbonyl (C=O) groups is 3. The van der Waals surface area contributed by atoms with Gasteiger partial charge in [-0.3, -0.25) is 14.9 Å². The van der Waals surface area contributed by atoms with E-state index in [1.807, 2.05) is 0 Å². The molecule has 0 fully saturated rings. The number of para-hydroxylation sites is 2. The van der Waals surface area contributed by atoms with Crippen LogP contribution in [-0.4, -0.2) is 42.0 Å². The van der Waals surface area contributed by atoms with E-state index in [4.69, 9.17) is 14.2 Å². The van der Waals surface area contributed by atoms with Gasteiger partial charge in [-0.15, -0.1) is 0 Å². The second-order valence-corrected chi connectivity index (χ2v) is 10.3. The minimum atomic E-state index is -0.660. The predicted octanol–water partition coefficient (Wildman–Crippen LogP) is 5.19. The number of aliphatic hydroxyl groups is 1. The molecule has 10 nitrogen and oxygen atoms in total. The van der Waals surface area contributed by atoms with Crippen LogP contribution in [0.25, 0.3) is 0 Å².